The van der Waals surface area contributed by atoms with Crippen molar-refractivity contribution in [2.45, 2.75) is 25.9 Å². The number of imidazole rings is 1. The smallest absolute Gasteiger partial charge is 0.270 e. The molecule has 2 rings (SSSR count). The van der Waals surface area contributed by atoms with Crippen LogP contribution in [0.5, 0.6) is 0 Å². The zero-order valence-corrected chi connectivity index (χ0v) is 12.3. The highest BCUT2D eigenvalue weighted by molar-refractivity contribution is 6.31. The van der Waals surface area contributed by atoms with Gasteiger partial charge in [0.25, 0.3) is 5.69 Å². The Labute approximate surface area is 127 Å². The van der Waals surface area contributed by atoms with Gasteiger partial charge >= 0.3 is 0 Å². The van der Waals surface area contributed by atoms with Crippen molar-refractivity contribution in [2.24, 2.45) is 0 Å². The van der Waals surface area contributed by atoms with Crippen molar-refractivity contribution >= 4 is 17.3 Å². The molecule has 0 spiro atoms. The fraction of sp³-hybridized carbons (Fsp3) is 0.357. The van der Waals surface area contributed by atoms with Gasteiger partial charge in [0, 0.05) is 37.6 Å². The van der Waals surface area contributed by atoms with Gasteiger partial charge in [-0.1, -0.05) is 11.6 Å². The van der Waals surface area contributed by atoms with Crippen molar-refractivity contribution in [1.82, 2.24) is 14.9 Å². The lowest BCUT2D eigenvalue weighted by Crippen LogP contribution is -2.15. The van der Waals surface area contributed by atoms with E-state index in [1.807, 2.05) is 17.1 Å². The van der Waals surface area contributed by atoms with E-state index in [0.717, 1.165) is 31.5 Å². The molecule has 0 fully saturated rings. The van der Waals surface area contributed by atoms with Crippen LogP contribution in [-0.2, 0) is 13.1 Å². The van der Waals surface area contributed by atoms with Crippen LogP contribution in [-0.4, -0.2) is 21.0 Å². The summed E-state index contributed by atoms with van der Waals surface area (Å²) in [5, 5.41) is 14.3. The van der Waals surface area contributed by atoms with Gasteiger partial charge in [-0.2, -0.15) is 0 Å². The zero-order valence-electron chi connectivity index (χ0n) is 11.5. The van der Waals surface area contributed by atoms with E-state index in [4.69, 9.17) is 11.6 Å². The Morgan fingerprint density at radius 1 is 1.38 bits per heavy atom. The topological polar surface area (TPSA) is 73.0 Å². The van der Waals surface area contributed by atoms with E-state index in [-0.39, 0.29) is 5.69 Å². The molecule has 112 valence electrons. The SMILES string of the molecule is O=[N+]([O-])c1ccc(CNCCCCn2ccnc2)c(Cl)c1. The molecule has 1 heterocycles. The van der Waals surface area contributed by atoms with Crippen LogP contribution in [0.4, 0.5) is 5.69 Å². The highest BCUT2D eigenvalue weighted by atomic mass is 35.5. The van der Waals surface area contributed by atoms with Gasteiger partial charge in [-0.3, -0.25) is 10.1 Å². The van der Waals surface area contributed by atoms with Gasteiger partial charge in [0.2, 0.25) is 0 Å². The minimum absolute atomic E-state index is 0.0177. The van der Waals surface area contributed by atoms with Gasteiger partial charge in [0.05, 0.1) is 16.3 Å². The predicted octanol–water partition coefficient (Wildman–Crippen LogP) is 3.01. The summed E-state index contributed by atoms with van der Waals surface area (Å²) in [6, 6.07) is 4.55. The monoisotopic (exact) mass is 308 g/mol. The van der Waals surface area contributed by atoms with Gasteiger partial charge in [-0.25, -0.2) is 4.98 Å². The third kappa shape index (κ3) is 4.84. The van der Waals surface area contributed by atoms with Crippen LogP contribution in [0.2, 0.25) is 5.02 Å². The Kier molecular flexibility index (Phi) is 5.71. The number of aryl methyl sites for hydroxylation is 1. The first kappa shape index (κ1) is 15.5. The molecule has 1 aromatic carbocycles. The summed E-state index contributed by atoms with van der Waals surface area (Å²) in [7, 11) is 0. The first-order chi connectivity index (χ1) is 10.2. The maximum atomic E-state index is 10.6. The minimum atomic E-state index is -0.445. The van der Waals surface area contributed by atoms with E-state index in [1.165, 1.54) is 12.1 Å². The Morgan fingerprint density at radius 2 is 2.24 bits per heavy atom. The molecule has 0 bridgehead atoms. The number of halogens is 1. The van der Waals surface area contributed by atoms with Gasteiger partial charge in [0.1, 0.15) is 0 Å². The molecular formula is C14H17ClN4O2. The average molecular weight is 309 g/mol. The first-order valence-corrected chi connectivity index (χ1v) is 7.14. The lowest BCUT2D eigenvalue weighted by atomic mass is 10.2. The van der Waals surface area contributed by atoms with Crippen molar-refractivity contribution in [3.05, 3.63) is 57.6 Å². The van der Waals surface area contributed by atoms with Crippen LogP contribution in [0, 0.1) is 10.1 Å². The number of non-ortho nitro benzene ring substituents is 1. The number of nitro benzene ring substituents is 1. The second kappa shape index (κ2) is 7.75. The van der Waals surface area contributed by atoms with Gasteiger partial charge in [0.15, 0.2) is 0 Å². The Morgan fingerprint density at radius 3 is 2.90 bits per heavy atom. The fourth-order valence-corrected chi connectivity index (χ4v) is 2.22. The largest absolute Gasteiger partial charge is 0.337 e. The van der Waals surface area contributed by atoms with E-state index >= 15 is 0 Å². The summed E-state index contributed by atoms with van der Waals surface area (Å²) in [4.78, 5) is 14.2. The van der Waals surface area contributed by atoms with Gasteiger partial charge in [-0.05, 0) is 31.0 Å². The number of benzene rings is 1. The van der Waals surface area contributed by atoms with Crippen LogP contribution in [0.25, 0.3) is 0 Å². The van der Waals surface area contributed by atoms with Crippen molar-refractivity contribution < 1.29 is 4.92 Å². The standard InChI is InChI=1S/C14H17ClN4O2/c15-14-9-13(19(20)21)4-3-12(14)10-16-5-1-2-7-18-8-6-17-11-18/h3-4,6,8-9,11,16H,1-2,5,7,10H2. The van der Waals surface area contributed by atoms with Gasteiger partial charge < -0.3 is 9.88 Å². The van der Waals surface area contributed by atoms with Crippen molar-refractivity contribution in [3.8, 4) is 0 Å². The molecule has 0 saturated carbocycles. The summed E-state index contributed by atoms with van der Waals surface area (Å²) in [5.74, 6) is 0. The number of nitro groups is 1. The maximum absolute atomic E-state index is 10.6. The van der Waals surface area contributed by atoms with E-state index in [9.17, 15) is 10.1 Å². The quantitative estimate of drug-likeness (QED) is 0.462. The highest BCUT2D eigenvalue weighted by Gasteiger charge is 2.08. The molecule has 0 aliphatic carbocycles. The Hall–Kier alpha value is -1.92. The van der Waals surface area contributed by atoms with Crippen LogP contribution in [0.3, 0.4) is 0 Å². The zero-order chi connectivity index (χ0) is 15.1. The number of nitrogens with one attached hydrogen (secondary N) is 1. The molecule has 0 radical (unpaired) electrons. The molecule has 2 aromatic rings. The third-order valence-electron chi connectivity index (χ3n) is 3.14. The maximum Gasteiger partial charge on any atom is 0.270 e. The number of rotatable bonds is 8. The third-order valence-corrected chi connectivity index (χ3v) is 3.49. The minimum Gasteiger partial charge on any atom is -0.337 e. The molecule has 7 heteroatoms. The molecule has 0 aliphatic heterocycles. The molecule has 6 nitrogen and oxygen atoms in total. The number of aromatic nitrogens is 2. The number of unbranched alkanes of at least 4 members (excludes halogenated alkanes) is 1. The van der Waals surface area contributed by atoms with Gasteiger partial charge in [-0.15, -0.1) is 0 Å². The molecule has 1 aromatic heterocycles. The molecule has 0 amide bonds. The summed E-state index contributed by atoms with van der Waals surface area (Å²) in [5.41, 5.74) is 0.890. The van der Waals surface area contributed by atoms with Crippen LogP contribution >= 0.6 is 11.6 Å². The highest BCUT2D eigenvalue weighted by Crippen LogP contribution is 2.22. The van der Waals surface area contributed by atoms with Crippen LogP contribution < -0.4 is 5.32 Å². The molecule has 1 N–H and O–H groups in total. The van der Waals surface area contributed by atoms with Crippen molar-refractivity contribution in [2.75, 3.05) is 6.54 Å². The molecule has 21 heavy (non-hydrogen) atoms. The second-order valence-corrected chi connectivity index (χ2v) is 5.12. The molecule has 0 saturated heterocycles. The lowest BCUT2D eigenvalue weighted by molar-refractivity contribution is -0.384. The summed E-state index contributed by atoms with van der Waals surface area (Å²) in [6.07, 6.45) is 7.64. The summed E-state index contributed by atoms with van der Waals surface area (Å²) >= 11 is 6.03. The normalized spacial score (nSPS) is 10.7. The van der Waals surface area contributed by atoms with E-state index in [2.05, 4.69) is 10.3 Å². The average Bonchev–Trinajstić information content (AvgIpc) is 2.97. The van der Waals surface area contributed by atoms with E-state index in [1.54, 1.807) is 12.3 Å². The second-order valence-electron chi connectivity index (χ2n) is 4.72. The summed E-state index contributed by atoms with van der Waals surface area (Å²) < 4.78 is 2.05. The Balaban J connectivity index is 1.67. The number of hydrogen-bond acceptors (Lipinski definition) is 4. The lowest BCUT2D eigenvalue weighted by Gasteiger charge is -2.07. The van der Waals surface area contributed by atoms with Crippen molar-refractivity contribution in [3.63, 3.8) is 0 Å². The van der Waals surface area contributed by atoms with E-state index in [0.29, 0.717) is 11.6 Å². The summed E-state index contributed by atoms with van der Waals surface area (Å²) in [6.45, 7) is 2.45. The van der Waals surface area contributed by atoms with Crippen LogP contribution in [0.15, 0.2) is 36.9 Å². The molecule has 0 atom stereocenters. The van der Waals surface area contributed by atoms with E-state index < -0.39 is 4.92 Å². The molecular weight excluding hydrogens is 292 g/mol. The predicted molar refractivity (Wildman–Crippen MR) is 81.3 cm³/mol. The molecule has 0 unspecified atom stereocenters. The van der Waals surface area contributed by atoms with Crippen LogP contribution in [0.1, 0.15) is 18.4 Å². The Bertz CT molecular complexity index is 587. The fourth-order valence-electron chi connectivity index (χ4n) is 1.98. The number of hydrogen-bond donors (Lipinski definition) is 1. The van der Waals surface area contributed by atoms with Crippen molar-refractivity contribution in [1.29, 1.82) is 0 Å². The molecule has 0 aliphatic rings. The first-order valence-electron chi connectivity index (χ1n) is 6.76. The number of nitrogens with zero attached hydrogens (tertiary/aromatic N) is 3.